The third-order valence-electron chi connectivity index (χ3n) is 4.07. The van der Waals surface area contributed by atoms with Crippen molar-refractivity contribution in [2.75, 3.05) is 5.32 Å². The van der Waals surface area contributed by atoms with E-state index in [4.69, 9.17) is 0 Å². The summed E-state index contributed by atoms with van der Waals surface area (Å²) >= 11 is 1.44. The van der Waals surface area contributed by atoms with Gasteiger partial charge in [-0.15, -0.1) is 11.3 Å². The zero-order chi connectivity index (χ0) is 17.9. The second-order valence-electron chi connectivity index (χ2n) is 5.77. The molecule has 1 aromatic carbocycles. The molecule has 3 aromatic rings. The Morgan fingerprint density at radius 2 is 1.69 bits per heavy atom. The van der Waals surface area contributed by atoms with Gasteiger partial charge in [0.05, 0.1) is 12.1 Å². The zero-order valence-corrected chi connectivity index (χ0v) is 14.6. The van der Waals surface area contributed by atoms with Crippen molar-refractivity contribution in [2.24, 2.45) is 0 Å². The van der Waals surface area contributed by atoms with Gasteiger partial charge in [0.2, 0.25) is 0 Å². The molecule has 2 aromatic heterocycles. The van der Waals surface area contributed by atoms with Crippen molar-refractivity contribution in [3.63, 3.8) is 0 Å². The largest absolute Gasteiger partial charge is 0.350 e. The lowest BCUT2D eigenvalue weighted by Gasteiger charge is -2.15. The third-order valence-corrected chi connectivity index (χ3v) is 4.96. The van der Waals surface area contributed by atoms with Crippen LogP contribution in [0.25, 0.3) is 5.57 Å². The SMILES string of the molecule is O=C1C(Nc2ccccc2)=C(c2cccs2)C(=O)N1Cc1ccncc1. The van der Waals surface area contributed by atoms with Crippen LogP contribution in [0.15, 0.2) is 78.1 Å². The number of para-hydroxylation sites is 1. The Bertz CT molecular complexity index is 967. The number of anilines is 1. The van der Waals surface area contributed by atoms with Gasteiger partial charge in [-0.3, -0.25) is 19.5 Å². The predicted octanol–water partition coefficient (Wildman–Crippen LogP) is 3.54. The van der Waals surface area contributed by atoms with E-state index in [0.717, 1.165) is 16.1 Å². The number of hydrogen-bond acceptors (Lipinski definition) is 5. The Morgan fingerprint density at radius 1 is 0.923 bits per heavy atom. The van der Waals surface area contributed by atoms with Gasteiger partial charge in [0, 0.05) is 23.0 Å². The highest BCUT2D eigenvalue weighted by Crippen LogP contribution is 2.33. The number of amides is 2. The van der Waals surface area contributed by atoms with Crippen LogP contribution in [0.1, 0.15) is 10.4 Å². The van der Waals surface area contributed by atoms with Gasteiger partial charge < -0.3 is 5.32 Å². The van der Waals surface area contributed by atoms with Crippen LogP contribution in [-0.4, -0.2) is 21.7 Å². The van der Waals surface area contributed by atoms with E-state index < -0.39 is 0 Å². The summed E-state index contributed by atoms with van der Waals surface area (Å²) in [5.41, 5.74) is 2.36. The summed E-state index contributed by atoms with van der Waals surface area (Å²) in [4.78, 5) is 32.0. The van der Waals surface area contributed by atoms with Crippen molar-refractivity contribution in [3.05, 3.63) is 88.5 Å². The molecule has 1 N–H and O–H groups in total. The Hall–Kier alpha value is -3.25. The van der Waals surface area contributed by atoms with Crippen molar-refractivity contribution >= 4 is 34.4 Å². The Kier molecular flexibility index (Phi) is 4.33. The Balaban J connectivity index is 1.71. The van der Waals surface area contributed by atoms with Crippen LogP contribution in [0.3, 0.4) is 0 Å². The van der Waals surface area contributed by atoms with Crippen LogP contribution < -0.4 is 5.32 Å². The van der Waals surface area contributed by atoms with E-state index in [1.165, 1.54) is 16.2 Å². The minimum atomic E-state index is -0.320. The minimum absolute atomic E-state index is 0.217. The molecule has 1 aliphatic rings. The maximum Gasteiger partial charge on any atom is 0.278 e. The number of rotatable bonds is 5. The molecule has 0 fully saturated rings. The zero-order valence-electron chi connectivity index (χ0n) is 13.8. The normalized spacial score (nSPS) is 14.2. The molecule has 0 radical (unpaired) electrons. The van der Waals surface area contributed by atoms with Crippen molar-refractivity contribution in [1.29, 1.82) is 0 Å². The Morgan fingerprint density at radius 3 is 2.38 bits per heavy atom. The summed E-state index contributed by atoms with van der Waals surface area (Å²) in [6.07, 6.45) is 3.30. The third kappa shape index (κ3) is 3.02. The molecule has 6 heteroatoms. The van der Waals surface area contributed by atoms with E-state index in [2.05, 4.69) is 10.3 Å². The fraction of sp³-hybridized carbons (Fsp3) is 0.0500. The van der Waals surface area contributed by atoms with Gasteiger partial charge in [0.15, 0.2) is 0 Å². The molecule has 3 heterocycles. The minimum Gasteiger partial charge on any atom is -0.350 e. The number of nitrogens with zero attached hydrogens (tertiary/aromatic N) is 2. The monoisotopic (exact) mass is 361 g/mol. The number of pyridine rings is 1. The van der Waals surface area contributed by atoms with Gasteiger partial charge in [-0.25, -0.2) is 0 Å². The van der Waals surface area contributed by atoms with Gasteiger partial charge in [0.25, 0.3) is 11.8 Å². The quantitative estimate of drug-likeness (QED) is 0.706. The molecule has 0 saturated carbocycles. The fourth-order valence-electron chi connectivity index (χ4n) is 2.82. The summed E-state index contributed by atoms with van der Waals surface area (Å²) in [7, 11) is 0. The second-order valence-corrected chi connectivity index (χ2v) is 6.72. The van der Waals surface area contributed by atoms with E-state index in [-0.39, 0.29) is 18.4 Å². The van der Waals surface area contributed by atoms with E-state index in [9.17, 15) is 9.59 Å². The average Bonchev–Trinajstić information content (AvgIpc) is 3.27. The first-order valence-corrected chi connectivity index (χ1v) is 8.97. The lowest BCUT2D eigenvalue weighted by atomic mass is 10.2. The number of nitrogens with one attached hydrogen (secondary N) is 1. The van der Waals surface area contributed by atoms with Gasteiger partial charge >= 0.3 is 0 Å². The van der Waals surface area contributed by atoms with E-state index in [0.29, 0.717) is 11.3 Å². The lowest BCUT2D eigenvalue weighted by Crippen LogP contribution is -2.31. The molecule has 2 amide bonds. The second kappa shape index (κ2) is 6.93. The lowest BCUT2D eigenvalue weighted by molar-refractivity contribution is -0.137. The molecule has 1 aliphatic heterocycles. The van der Waals surface area contributed by atoms with Gasteiger partial charge in [-0.1, -0.05) is 24.3 Å². The van der Waals surface area contributed by atoms with E-state index in [1.807, 2.05) is 47.8 Å². The molecule has 0 aliphatic carbocycles. The van der Waals surface area contributed by atoms with Gasteiger partial charge in [-0.2, -0.15) is 0 Å². The van der Waals surface area contributed by atoms with Crippen LogP contribution in [0.4, 0.5) is 5.69 Å². The van der Waals surface area contributed by atoms with Crippen molar-refractivity contribution in [1.82, 2.24) is 9.88 Å². The number of benzene rings is 1. The van der Waals surface area contributed by atoms with Crippen molar-refractivity contribution in [3.8, 4) is 0 Å². The first-order chi connectivity index (χ1) is 12.7. The average molecular weight is 361 g/mol. The molecule has 0 spiro atoms. The van der Waals surface area contributed by atoms with Gasteiger partial charge in [-0.05, 0) is 41.3 Å². The number of hydrogen-bond donors (Lipinski definition) is 1. The van der Waals surface area contributed by atoms with Crippen LogP contribution in [0.2, 0.25) is 0 Å². The van der Waals surface area contributed by atoms with Crippen LogP contribution in [-0.2, 0) is 16.1 Å². The maximum absolute atomic E-state index is 13.0. The number of carbonyl (C=O) groups excluding carboxylic acids is 2. The molecule has 0 bridgehead atoms. The summed E-state index contributed by atoms with van der Waals surface area (Å²) < 4.78 is 0. The number of carbonyl (C=O) groups is 2. The maximum atomic E-state index is 13.0. The van der Waals surface area contributed by atoms with Crippen LogP contribution in [0, 0.1) is 0 Å². The smallest absolute Gasteiger partial charge is 0.278 e. The summed E-state index contributed by atoms with van der Waals surface area (Å²) in [5.74, 6) is -0.605. The highest BCUT2D eigenvalue weighted by molar-refractivity contribution is 7.11. The first kappa shape index (κ1) is 16.2. The molecule has 128 valence electrons. The van der Waals surface area contributed by atoms with Crippen LogP contribution >= 0.6 is 11.3 Å². The topological polar surface area (TPSA) is 62.3 Å². The summed E-state index contributed by atoms with van der Waals surface area (Å²) in [6, 6.07) is 16.7. The molecule has 4 rings (SSSR count). The number of aromatic nitrogens is 1. The predicted molar refractivity (Wildman–Crippen MR) is 101 cm³/mol. The summed E-state index contributed by atoms with van der Waals surface area (Å²) in [5, 5.41) is 5.03. The molecule has 5 nitrogen and oxygen atoms in total. The molecule has 26 heavy (non-hydrogen) atoms. The molecule has 0 saturated heterocycles. The molecular formula is C20H15N3O2S. The van der Waals surface area contributed by atoms with Crippen LogP contribution in [0.5, 0.6) is 0 Å². The van der Waals surface area contributed by atoms with E-state index in [1.54, 1.807) is 24.5 Å². The van der Waals surface area contributed by atoms with Crippen molar-refractivity contribution in [2.45, 2.75) is 6.54 Å². The standard InChI is InChI=1S/C20H15N3O2S/c24-19-17(16-7-4-12-26-16)18(22-15-5-2-1-3-6-15)20(25)23(19)13-14-8-10-21-11-9-14/h1-12,22H,13H2. The van der Waals surface area contributed by atoms with E-state index >= 15 is 0 Å². The Labute approximate surface area is 154 Å². The van der Waals surface area contributed by atoms with Gasteiger partial charge in [0.1, 0.15) is 5.70 Å². The fourth-order valence-corrected chi connectivity index (χ4v) is 3.59. The molecular weight excluding hydrogens is 346 g/mol. The number of imide groups is 1. The first-order valence-electron chi connectivity index (χ1n) is 8.09. The molecule has 0 unspecified atom stereocenters. The molecule has 0 atom stereocenters. The number of thiophene rings is 1. The summed E-state index contributed by atoms with van der Waals surface area (Å²) in [6.45, 7) is 0.217. The highest BCUT2D eigenvalue weighted by Gasteiger charge is 2.39. The highest BCUT2D eigenvalue weighted by atomic mass is 32.1. The van der Waals surface area contributed by atoms with Crippen molar-refractivity contribution < 1.29 is 9.59 Å².